The first-order valence-electron chi connectivity index (χ1n) is 6.11. The molecule has 1 heterocycles. The van der Waals surface area contributed by atoms with Gasteiger partial charge >= 0.3 is 0 Å². The van der Waals surface area contributed by atoms with Crippen molar-refractivity contribution in [3.05, 3.63) is 17.5 Å². The third-order valence-electron chi connectivity index (χ3n) is 2.45. The molecule has 1 aromatic rings. The predicted octanol–water partition coefficient (Wildman–Crippen LogP) is 1.30. The average Bonchev–Trinajstić information content (AvgIpc) is 2.58. The van der Waals surface area contributed by atoms with Crippen LogP contribution in [0.2, 0.25) is 0 Å². The Morgan fingerprint density at radius 3 is 2.75 bits per heavy atom. The fraction of sp³-hybridized carbons (Fsp3) is 0.750. The van der Waals surface area contributed by atoms with Crippen LogP contribution >= 0.6 is 0 Å². The zero-order chi connectivity index (χ0) is 12.0. The number of hydrogen-bond donors (Lipinski definition) is 2. The summed E-state index contributed by atoms with van der Waals surface area (Å²) in [6.45, 7) is 12.3. The topological polar surface area (TPSA) is 41.9 Å². The van der Waals surface area contributed by atoms with E-state index >= 15 is 0 Å². The van der Waals surface area contributed by atoms with Gasteiger partial charge in [-0.1, -0.05) is 13.8 Å². The van der Waals surface area contributed by atoms with Gasteiger partial charge < -0.3 is 10.6 Å². The summed E-state index contributed by atoms with van der Waals surface area (Å²) in [4.78, 5) is 0. The summed E-state index contributed by atoms with van der Waals surface area (Å²) in [6.07, 6.45) is 0. The van der Waals surface area contributed by atoms with Crippen LogP contribution in [0.1, 0.15) is 32.2 Å². The Morgan fingerprint density at radius 2 is 2.12 bits per heavy atom. The largest absolute Gasteiger partial charge is 0.313 e. The monoisotopic (exact) mass is 224 g/mol. The maximum Gasteiger partial charge on any atom is 0.0597 e. The van der Waals surface area contributed by atoms with E-state index in [1.807, 2.05) is 6.92 Å². The minimum absolute atomic E-state index is 0.560. The first-order chi connectivity index (χ1) is 7.63. The highest BCUT2D eigenvalue weighted by Crippen LogP contribution is 2.02. The molecule has 0 atom stereocenters. The van der Waals surface area contributed by atoms with Gasteiger partial charge in [0.05, 0.1) is 11.4 Å². The second-order valence-corrected chi connectivity index (χ2v) is 4.38. The SMILES string of the molecule is CCn1nc(C)cc1CNCCNC(C)C. The molecule has 0 bridgehead atoms. The molecule has 0 fully saturated rings. The molecule has 0 radical (unpaired) electrons. The molecular weight excluding hydrogens is 200 g/mol. The van der Waals surface area contributed by atoms with Crippen molar-refractivity contribution in [2.75, 3.05) is 13.1 Å². The second kappa shape index (κ2) is 6.66. The van der Waals surface area contributed by atoms with Crippen molar-refractivity contribution in [2.24, 2.45) is 0 Å². The van der Waals surface area contributed by atoms with Gasteiger partial charge in [-0.05, 0) is 19.9 Å². The Balaban J connectivity index is 2.26. The van der Waals surface area contributed by atoms with Crippen LogP contribution in [0.4, 0.5) is 0 Å². The van der Waals surface area contributed by atoms with E-state index in [0.29, 0.717) is 6.04 Å². The summed E-state index contributed by atoms with van der Waals surface area (Å²) in [7, 11) is 0. The van der Waals surface area contributed by atoms with Crippen LogP contribution in [0.25, 0.3) is 0 Å². The van der Waals surface area contributed by atoms with Crippen LogP contribution in [0.15, 0.2) is 6.07 Å². The number of nitrogens with one attached hydrogen (secondary N) is 2. The molecule has 4 heteroatoms. The molecule has 0 aromatic carbocycles. The van der Waals surface area contributed by atoms with Gasteiger partial charge in [-0.2, -0.15) is 5.10 Å². The number of nitrogens with zero attached hydrogens (tertiary/aromatic N) is 2. The molecule has 1 aromatic heterocycles. The quantitative estimate of drug-likeness (QED) is 0.686. The maximum atomic E-state index is 4.42. The molecule has 4 nitrogen and oxygen atoms in total. The zero-order valence-electron chi connectivity index (χ0n) is 10.9. The lowest BCUT2D eigenvalue weighted by molar-refractivity contribution is 0.537. The lowest BCUT2D eigenvalue weighted by Crippen LogP contribution is -2.31. The van der Waals surface area contributed by atoms with E-state index in [-0.39, 0.29) is 0 Å². The summed E-state index contributed by atoms with van der Waals surface area (Å²) in [6, 6.07) is 2.71. The van der Waals surface area contributed by atoms with E-state index in [0.717, 1.165) is 31.9 Å². The Kier molecular flexibility index (Phi) is 5.49. The van der Waals surface area contributed by atoms with Crippen molar-refractivity contribution >= 4 is 0 Å². The molecule has 0 amide bonds. The predicted molar refractivity (Wildman–Crippen MR) is 67.5 cm³/mol. The smallest absolute Gasteiger partial charge is 0.0597 e. The lowest BCUT2D eigenvalue weighted by atomic mass is 10.3. The van der Waals surface area contributed by atoms with E-state index in [4.69, 9.17) is 0 Å². The summed E-state index contributed by atoms with van der Waals surface area (Å²) in [5.74, 6) is 0. The van der Waals surface area contributed by atoms with Gasteiger partial charge in [-0.15, -0.1) is 0 Å². The first-order valence-corrected chi connectivity index (χ1v) is 6.11. The Hall–Kier alpha value is -0.870. The highest BCUT2D eigenvalue weighted by molar-refractivity contribution is 5.08. The molecular formula is C12H24N4. The van der Waals surface area contributed by atoms with E-state index in [9.17, 15) is 0 Å². The molecule has 92 valence electrons. The Labute approximate surface area is 98.4 Å². The normalized spacial score (nSPS) is 11.3. The van der Waals surface area contributed by atoms with Crippen LogP contribution in [0.3, 0.4) is 0 Å². The molecule has 16 heavy (non-hydrogen) atoms. The highest BCUT2D eigenvalue weighted by Gasteiger charge is 2.02. The van der Waals surface area contributed by atoms with Crippen molar-refractivity contribution in [2.45, 2.75) is 46.8 Å². The van der Waals surface area contributed by atoms with E-state index in [1.54, 1.807) is 0 Å². The minimum atomic E-state index is 0.560. The zero-order valence-corrected chi connectivity index (χ0v) is 10.9. The molecule has 0 aliphatic heterocycles. The van der Waals surface area contributed by atoms with Crippen molar-refractivity contribution in [1.82, 2.24) is 20.4 Å². The van der Waals surface area contributed by atoms with Crippen LogP contribution in [-0.4, -0.2) is 28.9 Å². The van der Waals surface area contributed by atoms with Gasteiger partial charge in [0, 0.05) is 32.2 Å². The number of aryl methyl sites for hydroxylation is 2. The van der Waals surface area contributed by atoms with Crippen molar-refractivity contribution in [3.63, 3.8) is 0 Å². The Bertz CT molecular complexity index is 304. The summed E-state index contributed by atoms with van der Waals surface area (Å²) in [5.41, 5.74) is 2.36. The molecule has 0 aliphatic rings. The summed E-state index contributed by atoms with van der Waals surface area (Å²) in [5, 5.41) is 11.2. The molecule has 2 N–H and O–H groups in total. The first kappa shape index (κ1) is 13.2. The van der Waals surface area contributed by atoms with Gasteiger partial charge in [0.25, 0.3) is 0 Å². The van der Waals surface area contributed by atoms with Gasteiger partial charge in [0.1, 0.15) is 0 Å². The third-order valence-corrected chi connectivity index (χ3v) is 2.45. The number of aromatic nitrogens is 2. The lowest BCUT2D eigenvalue weighted by Gasteiger charge is -2.09. The summed E-state index contributed by atoms with van der Waals surface area (Å²) >= 11 is 0. The molecule has 0 unspecified atom stereocenters. The molecule has 0 saturated heterocycles. The molecule has 0 spiro atoms. The van der Waals surface area contributed by atoms with Crippen LogP contribution < -0.4 is 10.6 Å². The third kappa shape index (κ3) is 4.33. The van der Waals surface area contributed by atoms with Crippen molar-refractivity contribution in [1.29, 1.82) is 0 Å². The number of rotatable bonds is 7. The van der Waals surface area contributed by atoms with Gasteiger partial charge in [0.15, 0.2) is 0 Å². The standard InChI is InChI=1S/C12H24N4/c1-5-16-12(8-11(4)15-16)9-13-6-7-14-10(2)3/h8,10,13-14H,5-7,9H2,1-4H3. The molecule has 0 saturated carbocycles. The van der Waals surface area contributed by atoms with Crippen LogP contribution in [-0.2, 0) is 13.1 Å². The van der Waals surface area contributed by atoms with Gasteiger partial charge in [0.2, 0.25) is 0 Å². The number of hydrogen-bond acceptors (Lipinski definition) is 3. The van der Waals surface area contributed by atoms with E-state index in [1.165, 1.54) is 5.69 Å². The van der Waals surface area contributed by atoms with Crippen molar-refractivity contribution < 1.29 is 0 Å². The van der Waals surface area contributed by atoms with Gasteiger partial charge in [-0.25, -0.2) is 0 Å². The van der Waals surface area contributed by atoms with E-state index in [2.05, 4.69) is 47.3 Å². The second-order valence-electron chi connectivity index (χ2n) is 4.38. The molecule has 0 aliphatic carbocycles. The summed E-state index contributed by atoms with van der Waals surface area (Å²) < 4.78 is 2.05. The fourth-order valence-corrected chi connectivity index (χ4v) is 1.68. The fourth-order valence-electron chi connectivity index (χ4n) is 1.68. The minimum Gasteiger partial charge on any atom is -0.313 e. The highest BCUT2D eigenvalue weighted by atomic mass is 15.3. The Morgan fingerprint density at radius 1 is 1.38 bits per heavy atom. The molecule has 1 rings (SSSR count). The van der Waals surface area contributed by atoms with E-state index < -0.39 is 0 Å². The average molecular weight is 224 g/mol. The van der Waals surface area contributed by atoms with Crippen LogP contribution in [0.5, 0.6) is 0 Å². The van der Waals surface area contributed by atoms with Crippen molar-refractivity contribution in [3.8, 4) is 0 Å². The van der Waals surface area contributed by atoms with Gasteiger partial charge in [-0.3, -0.25) is 4.68 Å². The van der Waals surface area contributed by atoms with Crippen LogP contribution in [0, 0.1) is 6.92 Å². The maximum absolute atomic E-state index is 4.42.